The van der Waals surface area contributed by atoms with Crippen LogP contribution in [-0.2, 0) is 9.59 Å². The predicted molar refractivity (Wildman–Crippen MR) is 125 cm³/mol. The van der Waals surface area contributed by atoms with Gasteiger partial charge in [0.2, 0.25) is 0 Å². The lowest BCUT2D eigenvalue weighted by atomic mass is 9.88. The molecule has 2 N–H and O–H groups in total. The number of hydrogen-bond donors (Lipinski definition) is 2. The summed E-state index contributed by atoms with van der Waals surface area (Å²) in [4.78, 5) is 24.1. The Balaban J connectivity index is 2.26. The first-order valence-electron chi connectivity index (χ1n) is 10.3. The van der Waals surface area contributed by atoms with E-state index in [1.807, 2.05) is 61.6 Å². The van der Waals surface area contributed by atoms with E-state index in [0.717, 1.165) is 22.5 Å². The summed E-state index contributed by atoms with van der Waals surface area (Å²) in [7, 11) is 1.61. The van der Waals surface area contributed by atoms with Crippen molar-refractivity contribution in [1.29, 1.82) is 0 Å². The van der Waals surface area contributed by atoms with Gasteiger partial charge in [0.25, 0.3) is 0 Å². The minimum absolute atomic E-state index is 0.208. The van der Waals surface area contributed by atoms with Gasteiger partial charge in [-0.15, -0.1) is 0 Å². The highest BCUT2D eigenvalue weighted by Gasteiger charge is 2.29. The molecule has 0 unspecified atom stereocenters. The van der Waals surface area contributed by atoms with E-state index in [4.69, 9.17) is 4.74 Å². The molecule has 0 amide bonds. The lowest BCUT2D eigenvalue weighted by Gasteiger charge is -2.15. The average molecular weight is 431 g/mol. The van der Waals surface area contributed by atoms with E-state index in [2.05, 4.69) is 13.8 Å². The van der Waals surface area contributed by atoms with Crippen molar-refractivity contribution < 1.29 is 24.5 Å². The Bertz CT molecular complexity index is 1160. The molecule has 164 valence electrons. The third-order valence-corrected chi connectivity index (χ3v) is 5.44. The first kappa shape index (κ1) is 22.8. The minimum Gasteiger partial charge on any atom is -0.497 e. The van der Waals surface area contributed by atoms with Crippen molar-refractivity contribution in [1.82, 2.24) is 0 Å². The molecule has 0 saturated carbocycles. The Morgan fingerprint density at radius 1 is 0.938 bits per heavy atom. The Morgan fingerprint density at radius 2 is 1.62 bits per heavy atom. The third-order valence-electron chi connectivity index (χ3n) is 5.44. The molecule has 5 nitrogen and oxygen atoms in total. The topological polar surface area (TPSA) is 83.8 Å². The maximum absolute atomic E-state index is 12.2. The van der Waals surface area contributed by atoms with Gasteiger partial charge in [-0.25, -0.2) is 9.59 Å². The lowest BCUT2D eigenvalue weighted by Crippen LogP contribution is -2.13. The zero-order valence-electron chi connectivity index (χ0n) is 18.5. The maximum atomic E-state index is 12.2. The van der Waals surface area contributed by atoms with Crippen LogP contribution in [0, 0.1) is 5.92 Å². The van der Waals surface area contributed by atoms with Crippen molar-refractivity contribution in [2.75, 3.05) is 7.11 Å². The van der Waals surface area contributed by atoms with Gasteiger partial charge in [-0.3, -0.25) is 0 Å². The second-order valence-corrected chi connectivity index (χ2v) is 7.90. The van der Waals surface area contributed by atoms with Gasteiger partial charge >= 0.3 is 11.9 Å². The van der Waals surface area contributed by atoms with Gasteiger partial charge in [-0.05, 0) is 58.9 Å². The Morgan fingerprint density at radius 3 is 2.19 bits per heavy atom. The number of fused-ring (bicyclic) bond motifs is 1. The highest BCUT2D eigenvalue weighted by molar-refractivity contribution is 6.06. The van der Waals surface area contributed by atoms with Crippen molar-refractivity contribution in [2.24, 2.45) is 5.92 Å². The number of carbonyl (C=O) groups is 2. The van der Waals surface area contributed by atoms with Crippen LogP contribution in [0.2, 0.25) is 0 Å². The van der Waals surface area contributed by atoms with Crippen LogP contribution in [0.1, 0.15) is 26.3 Å². The van der Waals surface area contributed by atoms with E-state index < -0.39 is 11.9 Å². The van der Waals surface area contributed by atoms with Gasteiger partial charge in [0.05, 0.1) is 18.3 Å². The van der Waals surface area contributed by atoms with E-state index in [-0.39, 0.29) is 17.1 Å². The van der Waals surface area contributed by atoms with E-state index >= 15 is 0 Å². The van der Waals surface area contributed by atoms with E-state index in [0.29, 0.717) is 16.7 Å². The summed E-state index contributed by atoms with van der Waals surface area (Å²) in [6, 6.07) is 7.54. The summed E-state index contributed by atoms with van der Waals surface area (Å²) in [6.45, 7) is 5.93. The molecule has 1 aromatic rings. The number of methoxy groups -OCH3 is 1. The van der Waals surface area contributed by atoms with Crippen LogP contribution in [0.5, 0.6) is 5.75 Å². The fourth-order valence-corrected chi connectivity index (χ4v) is 3.65. The second kappa shape index (κ2) is 9.52. The third kappa shape index (κ3) is 4.72. The van der Waals surface area contributed by atoms with Gasteiger partial charge in [0.1, 0.15) is 5.75 Å². The van der Waals surface area contributed by atoms with Crippen LogP contribution in [0.4, 0.5) is 0 Å². The van der Waals surface area contributed by atoms with Crippen LogP contribution in [0.25, 0.3) is 6.08 Å². The van der Waals surface area contributed by atoms with Crippen LogP contribution < -0.4 is 4.74 Å². The Hall–Kier alpha value is -3.86. The molecule has 0 spiro atoms. The second-order valence-electron chi connectivity index (χ2n) is 7.90. The van der Waals surface area contributed by atoms with Crippen molar-refractivity contribution in [3.63, 3.8) is 0 Å². The number of benzene rings is 1. The van der Waals surface area contributed by atoms with Gasteiger partial charge in [-0.2, -0.15) is 0 Å². The van der Waals surface area contributed by atoms with Crippen LogP contribution in [-0.4, -0.2) is 29.3 Å². The molecule has 0 heterocycles. The number of allylic oxidation sites excluding steroid dienone is 9. The number of rotatable bonds is 6. The highest BCUT2D eigenvalue weighted by Crippen LogP contribution is 2.37. The minimum atomic E-state index is -1.28. The standard InChI is InChI=1S/C27H26O5/c1-16(2)20-9-5-17(3)24-23(15-20)19(10-6-18-7-12-21(32-4)13-8-18)11-14-22(26(28)29)25(24)27(30)31/h5-16H,1-4H3,(H,28,29)(H,30,31). The summed E-state index contributed by atoms with van der Waals surface area (Å²) in [5, 5.41) is 19.7. The zero-order valence-corrected chi connectivity index (χ0v) is 18.5. The normalized spacial score (nSPS) is 16.3. The predicted octanol–water partition coefficient (Wildman–Crippen LogP) is 5.51. The number of carboxylic acids is 2. The van der Waals surface area contributed by atoms with E-state index in [1.165, 1.54) is 6.08 Å². The first-order chi connectivity index (χ1) is 15.2. The molecule has 0 bridgehead atoms. The number of ether oxygens (including phenoxy) is 1. The molecule has 32 heavy (non-hydrogen) atoms. The molecule has 2 aliphatic carbocycles. The molecular formula is C27H26O5. The lowest BCUT2D eigenvalue weighted by molar-refractivity contribution is -0.135. The van der Waals surface area contributed by atoms with Crippen molar-refractivity contribution in [3.8, 4) is 5.75 Å². The van der Waals surface area contributed by atoms with Crippen molar-refractivity contribution in [2.45, 2.75) is 20.8 Å². The molecule has 0 aromatic heterocycles. The van der Waals surface area contributed by atoms with Crippen molar-refractivity contribution in [3.05, 3.63) is 105 Å². The van der Waals surface area contributed by atoms with Gasteiger partial charge in [0.15, 0.2) is 0 Å². The molecule has 1 aromatic carbocycles. The monoisotopic (exact) mass is 430 g/mol. The number of hydrogen-bond acceptors (Lipinski definition) is 3. The summed E-state index contributed by atoms with van der Waals surface area (Å²) in [5.74, 6) is -1.59. The summed E-state index contributed by atoms with van der Waals surface area (Å²) in [5.41, 5.74) is 4.04. The molecule has 0 radical (unpaired) electrons. The molecule has 5 heteroatoms. The SMILES string of the molecule is COc1ccc(C=CC2=C3C=C(C(C)C)C=CC(C)=C3C(C(=O)O)=C(C(=O)O)C=C2)cc1. The number of aliphatic carboxylic acids is 2. The Kier molecular flexibility index (Phi) is 6.79. The molecule has 3 rings (SSSR count). The van der Waals surface area contributed by atoms with Gasteiger partial charge < -0.3 is 14.9 Å². The fraction of sp³-hybridized carbons (Fsp3) is 0.185. The molecule has 0 atom stereocenters. The summed E-state index contributed by atoms with van der Waals surface area (Å²) < 4.78 is 5.20. The first-order valence-corrected chi connectivity index (χ1v) is 10.3. The molecule has 2 aliphatic rings. The summed E-state index contributed by atoms with van der Waals surface area (Å²) in [6.07, 6.45) is 12.6. The summed E-state index contributed by atoms with van der Waals surface area (Å²) >= 11 is 0. The Labute approximate surface area is 187 Å². The molecule has 0 saturated heterocycles. The van der Waals surface area contributed by atoms with Gasteiger partial charge in [-0.1, -0.05) is 62.4 Å². The highest BCUT2D eigenvalue weighted by atomic mass is 16.5. The quantitative estimate of drug-likeness (QED) is 0.622. The average Bonchev–Trinajstić information content (AvgIpc) is 3.02. The van der Waals surface area contributed by atoms with E-state index in [9.17, 15) is 19.8 Å². The largest absolute Gasteiger partial charge is 0.497 e. The molecular weight excluding hydrogens is 404 g/mol. The van der Waals surface area contributed by atoms with Crippen molar-refractivity contribution >= 4 is 18.0 Å². The zero-order chi connectivity index (χ0) is 23.4. The van der Waals surface area contributed by atoms with Gasteiger partial charge in [0, 0.05) is 5.57 Å². The maximum Gasteiger partial charge on any atom is 0.337 e. The van der Waals surface area contributed by atoms with Crippen LogP contribution in [0.3, 0.4) is 0 Å². The fourth-order valence-electron chi connectivity index (χ4n) is 3.65. The van der Waals surface area contributed by atoms with Crippen LogP contribution in [0.15, 0.2) is 99.7 Å². The smallest absolute Gasteiger partial charge is 0.337 e. The van der Waals surface area contributed by atoms with Crippen LogP contribution >= 0.6 is 0 Å². The molecule has 0 fully saturated rings. The number of carboxylic acid groups (broad SMARTS) is 2. The van der Waals surface area contributed by atoms with E-state index in [1.54, 1.807) is 13.2 Å². The molecule has 0 aliphatic heterocycles.